The summed E-state index contributed by atoms with van der Waals surface area (Å²) in [7, 11) is 0. The van der Waals surface area contributed by atoms with Crippen LogP contribution in [0.4, 0.5) is 11.8 Å². The average molecular weight is 461 g/mol. The monoisotopic (exact) mass is 460 g/mol. The molecule has 8 nitrogen and oxygen atoms in total. The van der Waals surface area contributed by atoms with E-state index in [1.807, 2.05) is 39.4 Å². The summed E-state index contributed by atoms with van der Waals surface area (Å²) < 4.78 is 7.09. The highest BCUT2D eigenvalue weighted by atomic mass is 16.6. The van der Waals surface area contributed by atoms with Gasteiger partial charge in [-0.3, -0.25) is 9.48 Å². The smallest absolute Gasteiger partial charge is 0.328 e. The summed E-state index contributed by atoms with van der Waals surface area (Å²) in [6.45, 7) is 5.64. The van der Waals surface area contributed by atoms with Crippen LogP contribution in [0.25, 0.3) is 11.1 Å². The number of nitrogens with zero attached hydrogens (tertiary/aromatic N) is 4. The molecule has 0 amide bonds. The molecule has 0 radical (unpaired) electrons. The largest absolute Gasteiger partial charge is 0.459 e. The number of nitrogens with one attached hydrogen (secondary N) is 2. The molecule has 0 unspecified atom stereocenters. The predicted molar refractivity (Wildman–Crippen MR) is 132 cm³/mol. The van der Waals surface area contributed by atoms with Crippen molar-refractivity contribution < 1.29 is 9.53 Å². The molecule has 2 aliphatic carbocycles. The average Bonchev–Trinajstić information content (AvgIpc) is 3.33. The van der Waals surface area contributed by atoms with Crippen LogP contribution in [-0.4, -0.2) is 43.4 Å². The zero-order chi connectivity index (χ0) is 23.7. The van der Waals surface area contributed by atoms with Crippen molar-refractivity contribution in [3.05, 3.63) is 54.0 Å². The quantitative estimate of drug-likeness (QED) is 0.510. The molecular weight excluding hydrogens is 428 g/mol. The van der Waals surface area contributed by atoms with Crippen LogP contribution in [0.1, 0.15) is 51.2 Å². The number of rotatable bonds is 7. The molecule has 0 aliphatic heterocycles. The van der Waals surface area contributed by atoms with E-state index in [0.717, 1.165) is 42.6 Å². The van der Waals surface area contributed by atoms with Crippen LogP contribution in [0.2, 0.25) is 0 Å². The number of ether oxygens (including phenoxy) is 1. The zero-order valence-corrected chi connectivity index (χ0v) is 20.0. The summed E-state index contributed by atoms with van der Waals surface area (Å²) in [6, 6.07) is 9.26. The molecular formula is C26H32N6O2. The fourth-order valence-corrected chi connectivity index (χ4v) is 4.46. The Balaban J connectivity index is 1.30. The highest BCUT2D eigenvalue weighted by Gasteiger charge is 2.24. The highest BCUT2D eigenvalue weighted by molar-refractivity contribution is 5.75. The number of anilines is 2. The lowest BCUT2D eigenvalue weighted by atomic mass is 9.93. The second-order valence-electron chi connectivity index (χ2n) is 10.3. The molecule has 5 rings (SSSR count). The van der Waals surface area contributed by atoms with Crippen LogP contribution >= 0.6 is 0 Å². The third-order valence-corrected chi connectivity index (χ3v) is 6.27. The number of hydrogen-bond donors (Lipinski definition) is 2. The number of carbonyl (C=O) groups is 1. The Morgan fingerprint density at radius 3 is 2.32 bits per heavy atom. The van der Waals surface area contributed by atoms with E-state index in [4.69, 9.17) is 4.74 Å². The maximum Gasteiger partial charge on any atom is 0.328 e. The van der Waals surface area contributed by atoms with Crippen molar-refractivity contribution in [3.63, 3.8) is 0 Å². The summed E-state index contributed by atoms with van der Waals surface area (Å²) in [5, 5.41) is 11.6. The van der Waals surface area contributed by atoms with E-state index in [-0.39, 0.29) is 12.5 Å². The SMILES string of the molecule is CC(C)(C)OC(=O)Cn1cc(-c2cnc(NC3Cc4ccccc4C3)nc2)c(NC2CCC2)n1. The maximum absolute atomic E-state index is 12.3. The first kappa shape index (κ1) is 22.4. The first-order chi connectivity index (χ1) is 16.3. The fourth-order valence-electron chi connectivity index (χ4n) is 4.46. The van der Waals surface area contributed by atoms with Crippen molar-refractivity contribution in [1.82, 2.24) is 19.7 Å². The summed E-state index contributed by atoms with van der Waals surface area (Å²) in [6.07, 6.45) is 10.9. The minimum atomic E-state index is -0.530. The molecule has 8 heteroatoms. The van der Waals surface area contributed by atoms with Gasteiger partial charge in [0.25, 0.3) is 0 Å². The minimum absolute atomic E-state index is 0.0549. The molecule has 1 fully saturated rings. The lowest BCUT2D eigenvalue weighted by molar-refractivity contribution is -0.155. The van der Waals surface area contributed by atoms with Crippen molar-refractivity contribution in [2.75, 3.05) is 10.6 Å². The van der Waals surface area contributed by atoms with Gasteiger partial charge in [-0.05, 0) is 64.0 Å². The molecule has 3 aromatic rings. The number of fused-ring (bicyclic) bond motifs is 1. The third kappa shape index (κ3) is 5.21. The first-order valence-electron chi connectivity index (χ1n) is 12.0. The standard InChI is InChI=1S/C26H32N6O2/c1-26(2,3)34-23(33)16-32-15-22(24(31-32)29-20-9-6-10-20)19-13-27-25(28-14-19)30-21-11-17-7-4-5-8-18(17)12-21/h4-5,7-8,13-15,20-21H,6,9-12,16H2,1-3H3,(H,29,31)(H,27,28,30). The Bertz CT molecular complexity index is 1140. The predicted octanol–water partition coefficient (Wildman–Crippen LogP) is 4.23. The molecule has 0 bridgehead atoms. The second-order valence-corrected chi connectivity index (χ2v) is 10.3. The Morgan fingerprint density at radius 1 is 1.06 bits per heavy atom. The van der Waals surface area contributed by atoms with Crippen molar-refractivity contribution in [1.29, 1.82) is 0 Å². The number of benzene rings is 1. The minimum Gasteiger partial charge on any atom is -0.459 e. The van der Waals surface area contributed by atoms with E-state index in [0.29, 0.717) is 18.0 Å². The lowest BCUT2D eigenvalue weighted by Gasteiger charge is -2.26. The van der Waals surface area contributed by atoms with E-state index < -0.39 is 5.60 Å². The molecule has 0 spiro atoms. The first-order valence-corrected chi connectivity index (χ1v) is 12.0. The van der Waals surface area contributed by atoms with Gasteiger partial charge in [-0.1, -0.05) is 24.3 Å². The molecule has 2 heterocycles. The van der Waals surface area contributed by atoms with Crippen molar-refractivity contribution in [2.45, 2.75) is 77.1 Å². The van der Waals surface area contributed by atoms with Gasteiger partial charge >= 0.3 is 5.97 Å². The van der Waals surface area contributed by atoms with Gasteiger partial charge in [0, 0.05) is 41.8 Å². The summed E-state index contributed by atoms with van der Waals surface area (Å²) in [4.78, 5) is 21.5. The van der Waals surface area contributed by atoms with E-state index in [1.54, 1.807) is 4.68 Å². The van der Waals surface area contributed by atoms with E-state index in [1.165, 1.54) is 17.5 Å². The van der Waals surface area contributed by atoms with Gasteiger partial charge in [0.15, 0.2) is 5.82 Å². The maximum atomic E-state index is 12.3. The van der Waals surface area contributed by atoms with Crippen LogP contribution in [0.3, 0.4) is 0 Å². The Hall–Kier alpha value is -3.42. The van der Waals surface area contributed by atoms with Crippen molar-refractivity contribution in [3.8, 4) is 11.1 Å². The van der Waals surface area contributed by atoms with Crippen molar-refractivity contribution in [2.24, 2.45) is 0 Å². The van der Waals surface area contributed by atoms with Gasteiger partial charge < -0.3 is 15.4 Å². The third-order valence-electron chi connectivity index (χ3n) is 6.27. The molecule has 0 atom stereocenters. The topological polar surface area (TPSA) is 94.0 Å². The number of aromatic nitrogens is 4. The van der Waals surface area contributed by atoms with Crippen LogP contribution in [-0.2, 0) is 28.9 Å². The summed E-state index contributed by atoms with van der Waals surface area (Å²) in [5.74, 6) is 1.06. The number of esters is 1. The van der Waals surface area contributed by atoms with Crippen molar-refractivity contribution >= 4 is 17.7 Å². The van der Waals surface area contributed by atoms with Gasteiger partial charge in [-0.2, -0.15) is 5.10 Å². The Kier molecular flexibility index (Phi) is 5.98. The number of carbonyl (C=O) groups excluding carboxylic acids is 1. The molecule has 1 saturated carbocycles. The highest BCUT2D eigenvalue weighted by Crippen LogP contribution is 2.31. The van der Waals surface area contributed by atoms with Crippen LogP contribution < -0.4 is 10.6 Å². The molecule has 0 saturated heterocycles. The van der Waals surface area contributed by atoms with E-state index in [2.05, 4.69) is 50.0 Å². The molecule has 2 aliphatic rings. The lowest BCUT2D eigenvalue weighted by Crippen LogP contribution is -2.28. The number of hydrogen-bond acceptors (Lipinski definition) is 7. The van der Waals surface area contributed by atoms with Gasteiger partial charge in [0.05, 0.1) is 0 Å². The van der Waals surface area contributed by atoms with Gasteiger partial charge in [0.1, 0.15) is 12.1 Å². The van der Waals surface area contributed by atoms with E-state index >= 15 is 0 Å². The fraction of sp³-hybridized carbons (Fsp3) is 0.462. The molecule has 1 aromatic carbocycles. The molecule has 2 N–H and O–H groups in total. The summed E-state index contributed by atoms with van der Waals surface area (Å²) >= 11 is 0. The van der Waals surface area contributed by atoms with Crippen LogP contribution in [0, 0.1) is 0 Å². The molecule has 34 heavy (non-hydrogen) atoms. The van der Waals surface area contributed by atoms with Crippen LogP contribution in [0.15, 0.2) is 42.9 Å². The van der Waals surface area contributed by atoms with E-state index in [9.17, 15) is 4.79 Å². The Labute approximate surface area is 200 Å². The normalized spacial score (nSPS) is 16.1. The second kappa shape index (κ2) is 9.08. The molecule has 178 valence electrons. The van der Waals surface area contributed by atoms with Crippen LogP contribution in [0.5, 0.6) is 0 Å². The van der Waals surface area contributed by atoms with Gasteiger partial charge in [0.2, 0.25) is 5.95 Å². The molecule has 2 aromatic heterocycles. The zero-order valence-electron chi connectivity index (χ0n) is 20.0. The van der Waals surface area contributed by atoms with Gasteiger partial charge in [-0.25, -0.2) is 9.97 Å². The van der Waals surface area contributed by atoms with Gasteiger partial charge in [-0.15, -0.1) is 0 Å². The Morgan fingerprint density at radius 2 is 1.74 bits per heavy atom. The summed E-state index contributed by atoms with van der Waals surface area (Å²) in [5.41, 5.74) is 3.99.